The Morgan fingerprint density at radius 2 is 1.86 bits per heavy atom. The molecule has 22 heavy (non-hydrogen) atoms. The molecule has 0 spiro atoms. The van der Waals surface area contributed by atoms with Gasteiger partial charge in [-0.15, -0.1) is 0 Å². The molecule has 0 bridgehead atoms. The molecule has 0 saturated heterocycles. The van der Waals surface area contributed by atoms with E-state index >= 15 is 0 Å². The molecule has 1 N–H and O–H groups in total. The van der Waals surface area contributed by atoms with Gasteiger partial charge in [-0.2, -0.15) is 10.2 Å². The quantitative estimate of drug-likeness (QED) is 0.799. The normalized spacial score (nSPS) is 10.7. The second-order valence-corrected chi connectivity index (χ2v) is 5.37. The molecule has 0 saturated carbocycles. The van der Waals surface area contributed by atoms with Crippen molar-refractivity contribution in [1.29, 1.82) is 0 Å². The van der Waals surface area contributed by atoms with Crippen molar-refractivity contribution in [3.05, 3.63) is 58.6 Å². The summed E-state index contributed by atoms with van der Waals surface area (Å²) in [4.78, 5) is 12.1. The van der Waals surface area contributed by atoms with Crippen LogP contribution < -0.4 is 5.32 Å². The number of nitrogens with zero attached hydrogens (tertiary/aromatic N) is 4. The first-order valence-electron chi connectivity index (χ1n) is 6.34. The van der Waals surface area contributed by atoms with Crippen molar-refractivity contribution in [3.63, 3.8) is 0 Å². The highest BCUT2D eigenvalue weighted by molar-refractivity contribution is 6.33. The second-order valence-electron chi connectivity index (χ2n) is 4.58. The van der Waals surface area contributed by atoms with Gasteiger partial charge in [0.05, 0.1) is 28.7 Å². The minimum Gasteiger partial charge on any atom is -0.322 e. The number of anilines is 1. The molecule has 2 aromatic heterocycles. The summed E-state index contributed by atoms with van der Waals surface area (Å²) in [5.74, 6) is -0.312. The van der Waals surface area contributed by atoms with Crippen LogP contribution in [-0.2, 0) is 7.05 Å². The van der Waals surface area contributed by atoms with Crippen LogP contribution in [0.25, 0.3) is 5.69 Å². The van der Waals surface area contributed by atoms with Crippen LogP contribution in [0.15, 0.2) is 42.9 Å². The fraction of sp³-hybridized carbons (Fsp3) is 0.0714. The Kier molecular flexibility index (Phi) is 3.87. The summed E-state index contributed by atoms with van der Waals surface area (Å²) in [7, 11) is 1.67. The van der Waals surface area contributed by atoms with Gasteiger partial charge < -0.3 is 5.32 Å². The number of aromatic nitrogens is 4. The minimum absolute atomic E-state index is 0.292. The van der Waals surface area contributed by atoms with Crippen LogP contribution in [0.1, 0.15) is 10.4 Å². The van der Waals surface area contributed by atoms with E-state index < -0.39 is 0 Å². The zero-order chi connectivity index (χ0) is 15.7. The summed E-state index contributed by atoms with van der Waals surface area (Å²) >= 11 is 11.8. The SMILES string of the molecule is Cn1ncc(C(=O)Nc2ccc(-n3cc(Cl)cn3)cc2)c1Cl. The Balaban J connectivity index is 1.76. The van der Waals surface area contributed by atoms with Crippen molar-refractivity contribution in [2.75, 3.05) is 5.32 Å². The molecule has 0 unspecified atom stereocenters. The predicted molar refractivity (Wildman–Crippen MR) is 84.7 cm³/mol. The van der Waals surface area contributed by atoms with E-state index in [4.69, 9.17) is 23.2 Å². The molecule has 0 aliphatic heterocycles. The minimum atomic E-state index is -0.312. The molecule has 6 nitrogen and oxygen atoms in total. The molecule has 1 amide bonds. The van der Waals surface area contributed by atoms with Gasteiger partial charge in [0.15, 0.2) is 0 Å². The van der Waals surface area contributed by atoms with Crippen molar-refractivity contribution in [2.24, 2.45) is 7.05 Å². The van der Waals surface area contributed by atoms with Gasteiger partial charge in [0.25, 0.3) is 5.91 Å². The van der Waals surface area contributed by atoms with Crippen LogP contribution in [0.5, 0.6) is 0 Å². The number of amides is 1. The van der Waals surface area contributed by atoms with Gasteiger partial charge in [-0.25, -0.2) is 4.68 Å². The van der Waals surface area contributed by atoms with Gasteiger partial charge in [0.1, 0.15) is 5.15 Å². The number of nitrogens with one attached hydrogen (secondary N) is 1. The maximum atomic E-state index is 12.1. The van der Waals surface area contributed by atoms with Gasteiger partial charge in [-0.3, -0.25) is 9.48 Å². The van der Waals surface area contributed by atoms with Crippen molar-refractivity contribution in [1.82, 2.24) is 19.6 Å². The van der Waals surface area contributed by atoms with Gasteiger partial charge in [0, 0.05) is 18.9 Å². The highest BCUT2D eigenvalue weighted by Crippen LogP contribution is 2.18. The Morgan fingerprint density at radius 3 is 2.41 bits per heavy atom. The second kappa shape index (κ2) is 5.82. The molecule has 1 aromatic carbocycles. The van der Waals surface area contributed by atoms with Crippen LogP contribution in [0, 0.1) is 0 Å². The third kappa shape index (κ3) is 2.84. The lowest BCUT2D eigenvalue weighted by molar-refractivity contribution is 0.102. The van der Waals surface area contributed by atoms with E-state index in [1.807, 2.05) is 12.1 Å². The summed E-state index contributed by atoms with van der Waals surface area (Å²) in [6, 6.07) is 7.19. The monoisotopic (exact) mass is 335 g/mol. The van der Waals surface area contributed by atoms with Crippen LogP contribution in [0.4, 0.5) is 5.69 Å². The van der Waals surface area contributed by atoms with E-state index in [2.05, 4.69) is 15.5 Å². The van der Waals surface area contributed by atoms with E-state index in [9.17, 15) is 4.79 Å². The molecule has 3 rings (SSSR count). The van der Waals surface area contributed by atoms with Crippen molar-refractivity contribution >= 4 is 34.8 Å². The summed E-state index contributed by atoms with van der Waals surface area (Å²) in [6.45, 7) is 0. The molecular weight excluding hydrogens is 325 g/mol. The highest BCUT2D eigenvalue weighted by Gasteiger charge is 2.14. The number of rotatable bonds is 3. The summed E-state index contributed by atoms with van der Waals surface area (Å²) in [6.07, 6.45) is 4.68. The zero-order valence-electron chi connectivity index (χ0n) is 11.5. The standard InChI is InChI=1S/C14H11Cl2N5O/c1-20-13(16)12(7-17-20)14(22)19-10-2-4-11(5-3-10)21-8-9(15)6-18-21/h2-8H,1H3,(H,19,22). The highest BCUT2D eigenvalue weighted by atomic mass is 35.5. The van der Waals surface area contributed by atoms with E-state index in [-0.39, 0.29) is 5.91 Å². The molecule has 0 aliphatic carbocycles. The topological polar surface area (TPSA) is 64.7 Å². The fourth-order valence-corrected chi connectivity index (χ4v) is 2.23. The van der Waals surface area contributed by atoms with Gasteiger partial charge in [0.2, 0.25) is 0 Å². The lowest BCUT2D eigenvalue weighted by atomic mass is 10.2. The number of carbonyl (C=O) groups excluding carboxylic acids is 1. The first kappa shape index (κ1) is 14.6. The van der Waals surface area contributed by atoms with E-state index in [1.54, 1.807) is 36.3 Å². The van der Waals surface area contributed by atoms with Crippen LogP contribution in [-0.4, -0.2) is 25.5 Å². The smallest absolute Gasteiger partial charge is 0.260 e. The maximum absolute atomic E-state index is 12.1. The summed E-state index contributed by atoms with van der Waals surface area (Å²) in [5, 5.41) is 11.7. The third-order valence-corrected chi connectivity index (χ3v) is 3.70. The Hall–Kier alpha value is -2.31. The average Bonchev–Trinajstić information content (AvgIpc) is 3.07. The van der Waals surface area contributed by atoms with Crippen molar-refractivity contribution in [2.45, 2.75) is 0 Å². The van der Waals surface area contributed by atoms with Crippen LogP contribution in [0.3, 0.4) is 0 Å². The molecule has 0 aliphatic rings. The fourth-order valence-electron chi connectivity index (χ4n) is 1.91. The number of carbonyl (C=O) groups is 1. The van der Waals surface area contributed by atoms with Crippen LogP contribution in [0.2, 0.25) is 10.2 Å². The first-order chi connectivity index (χ1) is 10.5. The number of aryl methyl sites for hydroxylation is 1. The van der Waals surface area contributed by atoms with E-state index in [1.165, 1.54) is 10.9 Å². The molecule has 0 radical (unpaired) electrons. The number of hydrogen-bond acceptors (Lipinski definition) is 3. The Morgan fingerprint density at radius 1 is 1.14 bits per heavy atom. The third-order valence-electron chi connectivity index (χ3n) is 3.05. The predicted octanol–water partition coefficient (Wildman–Crippen LogP) is 3.16. The zero-order valence-corrected chi connectivity index (χ0v) is 13.0. The molecule has 3 aromatic rings. The molecule has 112 valence electrons. The van der Waals surface area contributed by atoms with Crippen molar-refractivity contribution in [3.8, 4) is 5.69 Å². The molecule has 2 heterocycles. The van der Waals surface area contributed by atoms with E-state index in [0.717, 1.165) is 5.69 Å². The number of halogens is 2. The van der Waals surface area contributed by atoms with Gasteiger partial charge in [-0.05, 0) is 24.3 Å². The summed E-state index contributed by atoms with van der Waals surface area (Å²) < 4.78 is 3.08. The van der Waals surface area contributed by atoms with E-state index in [0.29, 0.717) is 21.4 Å². The molecule has 0 atom stereocenters. The summed E-state index contributed by atoms with van der Waals surface area (Å²) in [5.41, 5.74) is 1.81. The number of benzene rings is 1. The Bertz CT molecular complexity index is 822. The lowest BCUT2D eigenvalue weighted by Crippen LogP contribution is -2.12. The number of hydrogen-bond donors (Lipinski definition) is 1. The Labute approximate surface area is 136 Å². The van der Waals surface area contributed by atoms with Crippen LogP contribution >= 0.6 is 23.2 Å². The maximum Gasteiger partial charge on any atom is 0.260 e. The average molecular weight is 336 g/mol. The first-order valence-corrected chi connectivity index (χ1v) is 7.09. The van der Waals surface area contributed by atoms with Crippen molar-refractivity contribution < 1.29 is 4.79 Å². The molecule has 0 fully saturated rings. The largest absolute Gasteiger partial charge is 0.322 e. The lowest BCUT2D eigenvalue weighted by Gasteiger charge is -2.06. The molecule has 8 heteroatoms. The van der Waals surface area contributed by atoms with Gasteiger partial charge >= 0.3 is 0 Å². The van der Waals surface area contributed by atoms with Gasteiger partial charge in [-0.1, -0.05) is 23.2 Å². The molecular formula is C14H11Cl2N5O.